The molecule has 1 heterocycles. The van der Waals surface area contributed by atoms with Gasteiger partial charge in [-0.05, 0) is 11.6 Å². The van der Waals surface area contributed by atoms with Gasteiger partial charge in [-0.25, -0.2) is 0 Å². The summed E-state index contributed by atoms with van der Waals surface area (Å²) < 4.78 is 0.498. The Morgan fingerprint density at radius 3 is 2.55 bits per heavy atom. The number of thioether (sulfide) groups is 1. The van der Waals surface area contributed by atoms with Crippen LogP contribution in [0.3, 0.4) is 0 Å². The van der Waals surface area contributed by atoms with Gasteiger partial charge in [0, 0.05) is 12.6 Å². The molecular weight excluding hydrogens is 414 g/mol. The summed E-state index contributed by atoms with van der Waals surface area (Å²) in [5, 5.41) is 24.3. The minimum atomic E-state index is -0.648. The number of nitrogens with one attached hydrogen (secondary N) is 2. The van der Waals surface area contributed by atoms with Crippen LogP contribution >= 0.6 is 23.1 Å². The predicted octanol–water partition coefficient (Wildman–Crippen LogP) is 3.11. The van der Waals surface area contributed by atoms with Gasteiger partial charge in [0.15, 0.2) is 4.34 Å². The van der Waals surface area contributed by atoms with Crippen LogP contribution < -0.4 is 10.6 Å². The van der Waals surface area contributed by atoms with E-state index in [9.17, 15) is 19.7 Å². The van der Waals surface area contributed by atoms with E-state index in [0.29, 0.717) is 10.9 Å². The maximum Gasteiger partial charge on any atom is 0.282 e. The van der Waals surface area contributed by atoms with Crippen molar-refractivity contribution in [1.82, 2.24) is 15.5 Å². The average Bonchev–Trinajstić information content (AvgIpc) is 3.18. The highest BCUT2D eigenvalue weighted by Gasteiger charge is 2.20. The van der Waals surface area contributed by atoms with E-state index in [1.807, 2.05) is 30.3 Å². The molecule has 0 fully saturated rings. The largest absolute Gasteiger partial charge is 0.351 e. The number of nitro benzene ring substituents is 1. The van der Waals surface area contributed by atoms with Crippen molar-refractivity contribution in [3.63, 3.8) is 0 Å². The van der Waals surface area contributed by atoms with Crippen molar-refractivity contribution in [3.05, 3.63) is 75.8 Å². The van der Waals surface area contributed by atoms with Crippen LogP contribution in [0.5, 0.6) is 0 Å². The molecule has 11 heteroatoms. The fourth-order valence-corrected chi connectivity index (χ4v) is 3.86. The van der Waals surface area contributed by atoms with E-state index in [4.69, 9.17) is 0 Å². The third-order valence-electron chi connectivity index (χ3n) is 3.63. The van der Waals surface area contributed by atoms with Gasteiger partial charge < -0.3 is 5.32 Å². The molecular formula is C18H15N5O4S2. The number of hydrogen-bond acceptors (Lipinski definition) is 8. The lowest BCUT2D eigenvalue weighted by atomic mass is 10.1. The van der Waals surface area contributed by atoms with E-state index in [1.165, 1.54) is 36.0 Å². The van der Waals surface area contributed by atoms with Crippen molar-refractivity contribution in [2.24, 2.45) is 0 Å². The van der Waals surface area contributed by atoms with Gasteiger partial charge in [-0.15, -0.1) is 10.2 Å². The minimum absolute atomic E-state index is 0.0674. The number of aromatic nitrogens is 2. The lowest BCUT2D eigenvalue weighted by Crippen LogP contribution is -2.24. The zero-order chi connectivity index (χ0) is 20.6. The number of hydrogen-bond donors (Lipinski definition) is 2. The van der Waals surface area contributed by atoms with E-state index in [0.717, 1.165) is 16.9 Å². The van der Waals surface area contributed by atoms with Gasteiger partial charge >= 0.3 is 0 Å². The molecule has 0 aliphatic carbocycles. The van der Waals surface area contributed by atoms with Crippen LogP contribution in [0.4, 0.5) is 10.8 Å². The molecule has 2 aromatic carbocycles. The predicted molar refractivity (Wildman–Crippen MR) is 110 cm³/mol. The first kappa shape index (κ1) is 20.4. The molecule has 2 N–H and O–H groups in total. The average molecular weight is 429 g/mol. The Labute approximate surface area is 173 Å². The summed E-state index contributed by atoms with van der Waals surface area (Å²) in [5.41, 5.74) is 0.642. The Morgan fingerprint density at radius 1 is 1.07 bits per heavy atom. The Bertz CT molecular complexity index is 1030. The summed E-state index contributed by atoms with van der Waals surface area (Å²) in [5.74, 6) is -0.648. The molecule has 1 aromatic heterocycles. The van der Waals surface area contributed by atoms with E-state index in [2.05, 4.69) is 20.8 Å². The van der Waals surface area contributed by atoms with E-state index >= 15 is 0 Å². The molecule has 3 rings (SSSR count). The summed E-state index contributed by atoms with van der Waals surface area (Å²) in [6.45, 7) is 0.438. The molecule has 0 bridgehead atoms. The first-order valence-electron chi connectivity index (χ1n) is 8.34. The topological polar surface area (TPSA) is 127 Å². The standard InChI is InChI=1S/C18H15N5O4S2/c24-15(19-10-12-6-2-1-3-7-12)11-28-18-22-21-17(29-18)20-16(25)13-8-4-5-9-14(13)23(26)27/h1-9H,10-11H2,(H,19,24)(H,20,21,25). The van der Waals surface area contributed by atoms with Crippen LogP contribution in [0.15, 0.2) is 58.9 Å². The number of carbonyl (C=O) groups is 2. The molecule has 148 valence electrons. The Hall–Kier alpha value is -3.31. The second-order valence-corrected chi connectivity index (χ2v) is 7.85. The Morgan fingerprint density at radius 2 is 1.79 bits per heavy atom. The zero-order valence-corrected chi connectivity index (χ0v) is 16.5. The van der Waals surface area contributed by atoms with Gasteiger partial charge in [0.2, 0.25) is 11.0 Å². The summed E-state index contributed by atoms with van der Waals surface area (Å²) in [6, 6.07) is 15.2. The van der Waals surface area contributed by atoms with Crippen LogP contribution in [0.1, 0.15) is 15.9 Å². The molecule has 0 saturated carbocycles. The van der Waals surface area contributed by atoms with Crippen molar-refractivity contribution in [3.8, 4) is 0 Å². The molecule has 0 radical (unpaired) electrons. The fourth-order valence-electron chi connectivity index (χ4n) is 2.28. The van der Waals surface area contributed by atoms with Crippen LogP contribution in [0.2, 0.25) is 0 Å². The number of nitro groups is 1. The van der Waals surface area contributed by atoms with Gasteiger partial charge in [-0.3, -0.25) is 25.0 Å². The lowest BCUT2D eigenvalue weighted by Gasteiger charge is -2.03. The van der Waals surface area contributed by atoms with Gasteiger partial charge in [-0.2, -0.15) is 0 Å². The second kappa shape index (κ2) is 9.75. The van der Waals surface area contributed by atoms with E-state index in [1.54, 1.807) is 0 Å². The molecule has 9 nitrogen and oxygen atoms in total. The Kier molecular flexibility index (Phi) is 6.87. The molecule has 0 unspecified atom stereocenters. The maximum absolute atomic E-state index is 12.3. The molecule has 3 aromatic rings. The lowest BCUT2D eigenvalue weighted by molar-refractivity contribution is -0.385. The number of para-hydroxylation sites is 1. The number of amides is 2. The van der Waals surface area contributed by atoms with Gasteiger partial charge in [0.1, 0.15) is 5.56 Å². The summed E-state index contributed by atoms with van der Waals surface area (Å²) in [4.78, 5) is 34.7. The summed E-state index contributed by atoms with van der Waals surface area (Å²) in [6.07, 6.45) is 0. The highest BCUT2D eigenvalue weighted by molar-refractivity contribution is 8.01. The molecule has 0 aliphatic rings. The summed E-state index contributed by atoms with van der Waals surface area (Å²) >= 11 is 2.27. The first-order chi connectivity index (χ1) is 14.0. The number of rotatable bonds is 8. The van der Waals surface area contributed by atoms with Crippen molar-refractivity contribution in [2.45, 2.75) is 10.9 Å². The second-order valence-electron chi connectivity index (χ2n) is 5.65. The van der Waals surface area contributed by atoms with Crippen LogP contribution in [0, 0.1) is 10.1 Å². The fraction of sp³-hybridized carbons (Fsp3) is 0.111. The van der Waals surface area contributed by atoms with Gasteiger partial charge in [0.05, 0.1) is 10.7 Å². The van der Waals surface area contributed by atoms with Crippen molar-refractivity contribution in [1.29, 1.82) is 0 Å². The molecule has 0 aliphatic heterocycles. The maximum atomic E-state index is 12.3. The van der Waals surface area contributed by atoms with Gasteiger partial charge in [0.25, 0.3) is 11.6 Å². The third-order valence-corrected chi connectivity index (χ3v) is 5.60. The Balaban J connectivity index is 1.51. The van der Waals surface area contributed by atoms with Crippen LogP contribution in [-0.2, 0) is 11.3 Å². The molecule has 0 saturated heterocycles. The number of benzene rings is 2. The monoisotopic (exact) mass is 429 g/mol. The van der Waals surface area contributed by atoms with Crippen molar-refractivity contribution < 1.29 is 14.5 Å². The number of carbonyl (C=O) groups excluding carboxylic acids is 2. The number of nitrogens with zero attached hydrogens (tertiary/aromatic N) is 3. The molecule has 0 atom stereocenters. The normalized spacial score (nSPS) is 10.3. The van der Waals surface area contributed by atoms with Gasteiger partial charge in [-0.1, -0.05) is 65.6 Å². The minimum Gasteiger partial charge on any atom is -0.351 e. The number of anilines is 1. The summed E-state index contributed by atoms with van der Waals surface area (Å²) in [7, 11) is 0. The van der Waals surface area contributed by atoms with Crippen LogP contribution in [0.25, 0.3) is 0 Å². The molecule has 2 amide bonds. The SMILES string of the molecule is O=C(CSc1nnc(NC(=O)c2ccccc2[N+](=O)[O-])s1)NCc1ccccc1. The third kappa shape index (κ3) is 5.83. The highest BCUT2D eigenvalue weighted by atomic mass is 32.2. The smallest absolute Gasteiger partial charge is 0.282 e. The molecule has 0 spiro atoms. The zero-order valence-electron chi connectivity index (χ0n) is 14.9. The van der Waals surface area contributed by atoms with Crippen molar-refractivity contribution >= 4 is 45.7 Å². The van der Waals surface area contributed by atoms with E-state index in [-0.39, 0.29) is 28.0 Å². The quantitative estimate of drug-likeness (QED) is 0.244. The first-order valence-corrected chi connectivity index (χ1v) is 10.1. The highest BCUT2D eigenvalue weighted by Crippen LogP contribution is 2.26. The van der Waals surface area contributed by atoms with Crippen LogP contribution in [-0.4, -0.2) is 32.7 Å². The molecule has 29 heavy (non-hydrogen) atoms. The van der Waals surface area contributed by atoms with E-state index < -0.39 is 10.8 Å². The van der Waals surface area contributed by atoms with Crippen molar-refractivity contribution in [2.75, 3.05) is 11.1 Å².